The molecule has 3 heteroatoms. The SMILES string of the molecule is COc1ccc(CC2(C(C)C)CNC2)cc1F. The van der Waals surface area contributed by atoms with Crippen molar-refractivity contribution in [1.82, 2.24) is 5.32 Å². The Morgan fingerprint density at radius 1 is 1.41 bits per heavy atom. The van der Waals surface area contributed by atoms with Gasteiger partial charge >= 0.3 is 0 Å². The van der Waals surface area contributed by atoms with Gasteiger partial charge in [-0.25, -0.2) is 4.39 Å². The van der Waals surface area contributed by atoms with Crippen molar-refractivity contribution in [2.24, 2.45) is 11.3 Å². The zero-order valence-corrected chi connectivity index (χ0v) is 10.7. The van der Waals surface area contributed by atoms with Crippen LogP contribution in [0.15, 0.2) is 18.2 Å². The summed E-state index contributed by atoms with van der Waals surface area (Å²) in [6.07, 6.45) is 0.929. The van der Waals surface area contributed by atoms with Gasteiger partial charge in [0.05, 0.1) is 7.11 Å². The lowest BCUT2D eigenvalue weighted by atomic mass is 9.68. The molecule has 0 bridgehead atoms. The first-order valence-corrected chi connectivity index (χ1v) is 6.10. The highest BCUT2D eigenvalue weighted by atomic mass is 19.1. The molecule has 17 heavy (non-hydrogen) atoms. The van der Waals surface area contributed by atoms with E-state index >= 15 is 0 Å². The fourth-order valence-corrected chi connectivity index (χ4v) is 2.41. The van der Waals surface area contributed by atoms with Gasteiger partial charge in [0.2, 0.25) is 0 Å². The highest BCUT2D eigenvalue weighted by Crippen LogP contribution is 2.36. The fraction of sp³-hybridized carbons (Fsp3) is 0.571. The van der Waals surface area contributed by atoms with Gasteiger partial charge in [-0.2, -0.15) is 0 Å². The van der Waals surface area contributed by atoms with Gasteiger partial charge in [-0.1, -0.05) is 19.9 Å². The quantitative estimate of drug-likeness (QED) is 0.869. The average molecular weight is 237 g/mol. The van der Waals surface area contributed by atoms with Crippen molar-refractivity contribution >= 4 is 0 Å². The molecule has 0 spiro atoms. The Morgan fingerprint density at radius 3 is 2.53 bits per heavy atom. The van der Waals surface area contributed by atoms with Crippen molar-refractivity contribution in [2.45, 2.75) is 20.3 Å². The highest BCUT2D eigenvalue weighted by Gasteiger charge is 2.39. The minimum atomic E-state index is -0.267. The molecule has 1 aliphatic heterocycles. The minimum Gasteiger partial charge on any atom is -0.494 e. The van der Waals surface area contributed by atoms with Crippen molar-refractivity contribution in [1.29, 1.82) is 0 Å². The van der Waals surface area contributed by atoms with E-state index in [-0.39, 0.29) is 5.82 Å². The molecule has 94 valence electrons. The van der Waals surface area contributed by atoms with E-state index < -0.39 is 0 Å². The molecule has 2 rings (SSSR count). The van der Waals surface area contributed by atoms with E-state index in [0.29, 0.717) is 17.1 Å². The third-order valence-corrected chi connectivity index (χ3v) is 3.95. The van der Waals surface area contributed by atoms with Crippen LogP contribution in [0.5, 0.6) is 5.75 Å². The van der Waals surface area contributed by atoms with Gasteiger partial charge < -0.3 is 10.1 Å². The zero-order valence-electron chi connectivity index (χ0n) is 10.7. The Bertz CT molecular complexity index is 399. The summed E-state index contributed by atoms with van der Waals surface area (Å²) in [6, 6.07) is 5.27. The monoisotopic (exact) mass is 237 g/mol. The summed E-state index contributed by atoms with van der Waals surface area (Å²) in [5.41, 5.74) is 1.35. The van der Waals surface area contributed by atoms with E-state index in [4.69, 9.17) is 4.74 Å². The molecule has 1 aromatic rings. The van der Waals surface area contributed by atoms with Crippen LogP contribution in [0.2, 0.25) is 0 Å². The summed E-state index contributed by atoms with van der Waals surface area (Å²) < 4.78 is 18.5. The highest BCUT2D eigenvalue weighted by molar-refractivity contribution is 5.30. The van der Waals surface area contributed by atoms with Crippen LogP contribution in [0.3, 0.4) is 0 Å². The Labute approximate surface area is 102 Å². The first-order chi connectivity index (χ1) is 8.07. The Morgan fingerprint density at radius 2 is 2.12 bits per heavy atom. The smallest absolute Gasteiger partial charge is 0.165 e. The van der Waals surface area contributed by atoms with E-state index in [1.54, 1.807) is 12.1 Å². The van der Waals surface area contributed by atoms with Gasteiger partial charge in [-0.3, -0.25) is 0 Å². The van der Waals surface area contributed by atoms with Crippen LogP contribution in [0, 0.1) is 17.2 Å². The van der Waals surface area contributed by atoms with Crippen molar-refractivity contribution in [3.8, 4) is 5.75 Å². The van der Waals surface area contributed by atoms with Crippen LogP contribution >= 0.6 is 0 Å². The number of hydrogen-bond donors (Lipinski definition) is 1. The second-order valence-corrected chi connectivity index (χ2v) is 5.27. The van der Waals surface area contributed by atoms with Gasteiger partial charge in [-0.15, -0.1) is 0 Å². The topological polar surface area (TPSA) is 21.3 Å². The molecule has 1 fully saturated rings. The maximum Gasteiger partial charge on any atom is 0.165 e. The third kappa shape index (κ3) is 2.29. The molecule has 1 heterocycles. The third-order valence-electron chi connectivity index (χ3n) is 3.95. The summed E-state index contributed by atoms with van der Waals surface area (Å²) in [5.74, 6) is 0.657. The predicted octanol–water partition coefficient (Wildman–Crippen LogP) is 2.62. The molecule has 1 N–H and O–H groups in total. The first-order valence-electron chi connectivity index (χ1n) is 6.10. The maximum absolute atomic E-state index is 13.6. The number of rotatable bonds is 4. The van der Waals surface area contributed by atoms with E-state index in [9.17, 15) is 4.39 Å². The largest absolute Gasteiger partial charge is 0.494 e. The van der Waals surface area contributed by atoms with Crippen LogP contribution in [0.25, 0.3) is 0 Å². The summed E-state index contributed by atoms with van der Waals surface area (Å²) in [4.78, 5) is 0. The number of ether oxygens (including phenoxy) is 1. The molecule has 0 radical (unpaired) electrons. The minimum absolute atomic E-state index is 0.267. The lowest BCUT2D eigenvalue weighted by Crippen LogP contribution is -2.57. The molecule has 0 unspecified atom stereocenters. The van der Waals surface area contributed by atoms with Crippen molar-refractivity contribution in [3.05, 3.63) is 29.6 Å². The van der Waals surface area contributed by atoms with Gasteiger partial charge in [-0.05, 0) is 30.0 Å². The summed E-state index contributed by atoms with van der Waals surface area (Å²) in [7, 11) is 1.49. The number of hydrogen-bond acceptors (Lipinski definition) is 2. The van der Waals surface area contributed by atoms with Crippen LogP contribution in [-0.4, -0.2) is 20.2 Å². The molecule has 1 aliphatic rings. The maximum atomic E-state index is 13.6. The second-order valence-electron chi connectivity index (χ2n) is 5.27. The normalized spacial score (nSPS) is 17.9. The molecule has 1 saturated heterocycles. The zero-order chi connectivity index (χ0) is 12.5. The van der Waals surface area contributed by atoms with Gasteiger partial charge in [0.15, 0.2) is 11.6 Å². The first kappa shape index (κ1) is 12.4. The van der Waals surface area contributed by atoms with Crippen molar-refractivity contribution in [3.63, 3.8) is 0 Å². The lowest BCUT2D eigenvalue weighted by Gasteiger charge is -2.46. The Hall–Kier alpha value is -1.09. The predicted molar refractivity (Wildman–Crippen MR) is 66.8 cm³/mol. The number of benzene rings is 1. The molecule has 1 aromatic carbocycles. The van der Waals surface area contributed by atoms with Crippen LogP contribution in [0.4, 0.5) is 4.39 Å². The van der Waals surface area contributed by atoms with E-state index in [1.807, 2.05) is 6.07 Å². The molecule has 0 aromatic heterocycles. The van der Waals surface area contributed by atoms with E-state index in [2.05, 4.69) is 19.2 Å². The standard InChI is InChI=1S/C14H20FNO/c1-10(2)14(8-16-9-14)7-11-4-5-13(17-3)12(15)6-11/h4-6,10,16H,7-9H2,1-3H3. The molecular formula is C14H20FNO. The fourth-order valence-electron chi connectivity index (χ4n) is 2.41. The number of halogens is 1. The lowest BCUT2D eigenvalue weighted by molar-refractivity contribution is 0.0993. The van der Waals surface area contributed by atoms with Gasteiger partial charge in [0.25, 0.3) is 0 Å². The average Bonchev–Trinajstić information content (AvgIpc) is 2.23. The molecule has 0 amide bonds. The van der Waals surface area contributed by atoms with E-state index in [0.717, 1.165) is 25.1 Å². The molecule has 0 saturated carbocycles. The Kier molecular flexibility index (Phi) is 3.38. The molecule has 0 aliphatic carbocycles. The van der Waals surface area contributed by atoms with Crippen LogP contribution in [-0.2, 0) is 6.42 Å². The van der Waals surface area contributed by atoms with Crippen molar-refractivity contribution in [2.75, 3.05) is 20.2 Å². The number of nitrogens with one attached hydrogen (secondary N) is 1. The molecular weight excluding hydrogens is 217 g/mol. The summed E-state index contributed by atoms with van der Waals surface area (Å²) >= 11 is 0. The number of methoxy groups -OCH3 is 1. The Balaban J connectivity index is 2.16. The van der Waals surface area contributed by atoms with Crippen LogP contribution < -0.4 is 10.1 Å². The van der Waals surface area contributed by atoms with E-state index in [1.165, 1.54) is 7.11 Å². The summed E-state index contributed by atoms with van der Waals surface area (Å²) in [5, 5.41) is 3.32. The van der Waals surface area contributed by atoms with Crippen LogP contribution in [0.1, 0.15) is 19.4 Å². The summed E-state index contributed by atoms with van der Waals surface area (Å²) in [6.45, 7) is 6.53. The molecule has 2 nitrogen and oxygen atoms in total. The molecule has 0 atom stereocenters. The van der Waals surface area contributed by atoms with Gasteiger partial charge in [0, 0.05) is 18.5 Å². The van der Waals surface area contributed by atoms with Crippen molar-refractivity contribution < 1.29 is 9.13 Å². The second kappa shape index (κ2) is 4.65. The van der Waals surface area contributed by atoms with Gasteiger partial charge in [0.1, 0.15) is 0 Å².